The first-order valence-electron chi connectivity index (χ1n) is 4.47. The number of rotatable bonds is 2. The van der Waals surface area contributed by atoms with Gasteiger partial charge >= 0.3 is 0 Å². The maximum atomic E-state index is 8.65. The zero-order valence-electron chi connectivity index (χ0n) is 7.26. The Morgan fingerprint density at radius 2 is 2.38 bits per heavy atom. The summed E-state index contributed by atoms with van der Waals surface area (Å²) >= 11 is 3.47. The molecule has 2 rings (SSSR count). The normalized spacial score (nSPS) is 22.3. The van der Waals surface area contributed by atoms with Crippen molar-refractivity contribution in [1.82, 2.24) is 0 Å². The van der Waals surface area contributed by atoms with Crippen LogP contribution in [0.3, 0.4) is 0 Å². The highest BCUT2D eigenvalue weighted by Gasteiger charge is 2.28. The third kappa shape index (κ3) is 1.92. The van der Waals surface area contributed by atoms with Crippen LogP contribution in [0.25, 0.3) is 0 Å². The minimum absolute atomic E-state index is 0.653. The molecule has 0 aromatic rings. The number of hydrogen-bond donors (Lipinski definition) is 0. The van der Waals surface area contributed by atoms with E-state index in [4.69, 9.17) is 5.26 Å². The quantitative estimate of drug-likeness (QED) is 0.673. The molecule has 0 saturated heterocycles. The second-order valence-corrected chi connectivity index (χ2v) is 4.48. The minimum Gasteiger partial charge on any atom is -0.193 e. The van der Waals surface area contributed by atoms with Crippen LogP contribution in [0.4, 0.5) is 0 Å². The molecule has 66 valence electrons. The first kappa shape index (κ1) is 8.77. The summed E-state index contributed by atoms with van der Waals surface area (Å²) in [6, 6.07) is 2.13. The lowest BCUT2D eigenvalue weighted by molar-refractivity contribution is 1.03. The van der Waals surface area contributed by atoms with Crippen LogP contribution in [-0.2, 0) is 0 Å². The molecule has 0 aromatic heterocycles. The number of allylic oxidation sites excluding steroid dienone is 6. The summed E-state index contributed by atoms with van der Waals surface area (Å²) in [6.07, 6.45) is 9.48. The Labute approximate surface area is 86.6 Å². The van der Waals surface area contributed by atoms with E-state index in [0.717, 1.165) is 6.42 Å². The molecule has 1 nitrogen and oxygen atoms in total. The summed E-state index contributed by atoms with van der Waals surface area (Å²) in [5.74, 6) is 0.653. The fraction of sp³-hybridized carbons (Fsp3) is 0.364. The molecular weight excluding hydrogens is 226 g/mol. The Bertz CT molecular complexity index is 351. The van der Waals surface area contributed by atoms with Gasteiger partial charge in [-0.15, -0.1) is 0 Å². The third-order valence-electron chi connectivity index (χ3n) is 2.40. The summed E-state index contributed by atoms with van der Waals surface area (Å²) in [5, 5.41) is 8.65. The summed E-state index contributed by atoms with van der Waals surface area (Å²) in [7, 11) is 0. The Morgan fingerprint density at radius 3 is 2.85 bits per heavy atom. The molecule has 0 amide bonds. The van der Waals surface area contributed by atoms with Gasteiger partial charge in [0.1, 0.15) is 0 Å². The second kappa shape index (κ2) is 3.51. The Morgan fingerprint density at radius 1 is 1.62 bits per heavy atom. The Balaban J connectivity index is 2.22. The molecule has 0 N–H and O–H groups in total. The standard InChI is InChI=1S/C11H10BrN/c12-10-4-3-9(7-10)11(5-6-13)8-1-2-8/h3,5,7-8H,1-2,4H2/b11-5+. The van der Waals surface area contributed by atoms with Gasteiger partial charge in [-0.05, 0) is 46.9 Å². The third-order valence-corrected chi connectivity index (χ3v) is 2.95. The fourth-order valence-corrected chi connectivity index (χ4v) is 2.00. The van der Waals surface area contributed by atoms with Crippen LogP contribution >= 0.6 is 15.9 Å². The van der Waals surface area contributed by atoms with Crippen molar-refractivity contribution in [3.8, 4) is 6.07 Å². The van der Waals surface area contributed by atoms with Gasteiger partial charge < -0.3 is 0 Å². The van der Waals surface area contributed by atoms with E-state index in [0.29, 0.717) is 5.92 Å². The van der Waals surface area contributed by atoms with E-state index >= 15 is 0 Å². The number of halogens is 1. The van der Waals surface area contributed by atoms with E-state index in [1.165, 1.54) is 28.5 Å². The van der Waals surface area contributed by atoms with Crippen LogP contribution in [0.15, 0.2) is 33.9 Å². The van der Waals surface area contributed by atoms with E-state index < -0.39 is 0 Å². The van der Waals surface area contributed by atoms with Gasteiger partial charge in [0.05, 0.1) is 6.07 Å². The lowest BCUT2D eigenvalue weighted by Crippen LogP contribution is -1.87. The van der Waals surface area contributed by atoms with E-state index in [9.17, 15) is 0 Å². The predicted octanol–water partition coefficient (Wildman–Crippen LogP) is 3.46. The van der Waals surface area contributed by atoms with Crippen molar-refractivity contribution in [2.75, 3.05) is 0 Å². The molecule has 0 aromatic carbocycles. The van der Waals surface area contributed by atoms with Gasteiger partial charge in [-0.25, -0.2) is 0 Å². The van der Waals surface area contributed by atoms with Crippen molar-refractivity contribution in [2.45, 2.75) is 19.3 Å². The molecule has 0 bridgehead atoms. The van der Waals surface area contributed by atoms with Crippen molar-refractivity contribution >= 4 is 15.9 Å². The van der Waals surface area contributed by atoms with Gasteiger partial charge in [0, 0.05) is 6.08 Å². The van der Waals surface area contributed by atoms with Crippen molar-refractivity contribution in [3.05, 3.63) is 33.9 Å². The van der Waals surface area contributed by atoms with Crippen LogP contribution in [0.1, 0.15) is 19.3 Å². The van der Waals surface area contributed by atoms with Gasteiger partial charge in [-0.2, -0.15) is 5.26 Å². The summed E-state index contributed by atoms with van der Waals surface area (Å²) < 4.78 is 1.21. The lowest BCUT2D eigenvalue weighted by atomic mass is 10.0. The molecule has 13 heavy (non-hydrogen) atoms. The van der Waals surface area contributed by atoms with Crippen molar-refractivity contribution in [3.63, 3.8) is 0 Å². The van der Waals surface area contributed by atoms with Crippen LogP contribution in [0, 0.1) is 17.2 Å². The second-order valence-electron chi connectivity index (χ2n) is 3.46. The first-order valence-corrected chi connectivity index (χ1v) is 5.27. The SMILES string of the molecule is N#C/C=C(/C1=CCC(Br)=C1)C1CC1. The predicted molar refractivity (Wildman–Crippen MR) is 56.1 cm³/mol. The Kier molecular flexibility index (Phi) is 2.37. The van der Waals surface area contributed by atoms with E-state index in [-0.39, 0.29) is 0 Å². The monoisotopic (exact) mass is 235 g/mol. The molecule has 0 unspecified atom stereocenters. The van der Waals surface area contributed by atoms with E-state index in [2.05, 4.69) is 34.2 Å². The smallest absolute Gasteiger partial charge is 0.0915 e. The molecule has 2 aliphatic rings. The van der Waals surface area contributed by atoms with Gasteiger partial charge in [0.2, 0.25) is 0 Å². The maximum Gasteiger partial charge on any atom is 0.0915 e. The summed E-state index contributed by atoms with van der Waals surface area (Å²) in [4.78, 5) is 0. The molecule has 1 fully saturated rings. The average Bonchev–Trinajstić information content (AvgIpc) is 2.85. The van der Waals surface area contributed by atoms with E-state index in [1.807, 2.05) is 0 Å². The number of nitriles is 1. The molecule has 1 saturated carbocycles. The summed E-state index contributed by atoms with van der Waals surface area (Å²) in [5.41, 5.74) is 2.48. The zero-order chi connectivity index (χ0) is 9.26. The maximum absolute atomic E-state index is 8.65. The largest absolute Gasteiger partial charge is 0.193 e. The highest BCUT2D eigenvalue weighted by molar-refractivity contribution is 9.11. The fourth-order valence-electron chi connectivity index (χ4n) is 1.60. The highest BCUT2D eigenvalue weighted by atomic mass is 79.9. The minimum atomic E-state index is 0.653. The molecule has 2 heteroatoms. The lowest BCUT2D eigenvalue weighted by Gasteiger charge is -2.01. The highest BCUT2D eigenvalue weighted by Crippen LogP contribution is 2.42. The van der Waals surface area contributed by atoms with E-state index in [1.54, 1.807) is 6.08 Å². The van der Waals surface area contributed by atoms with Gasteiger partial charge in [0.25, 0.3) is 0 Å². The van der Waals surface area contributed by atoms with Crippen LogP contribution in [-0.4, -0.2) is 0 Å². The number of hydrogen-bond acceptors (Lipinski definition) is 1. The van der Waals surface area contributed by atoms with Crippen molar-refractivity contribution in [2.24, 2.45) is 5.92 Å². The topological polar surface area (TPSA) is 23.8 Å². The van der Waals surface area contributed by atoms with Crippen LogP contribution in [0.2, 0.25) is 0 Å². The van der Waals surface area contributed by atoms with Crippen molar-refractivity contribution < 1.29 is 0 Å². The average molecular weight is 236 g/mol. The molecule has 2 aliphatic carbocycles. The molecule has 0 atom stereocenters. The summed E-state index contributed by atoms with van der Waals surface area (Å²) in [6.45, 7) is 0. The van der Waals surface area contributed by atoms with Gasteiger partial charge in [-0.1, -0.05) is 22.0 Å². The molecule has 0 radical (unpaired) electrons. The van der Waals surface area contributed by atoms with Gasteiger partial charge in [0.15, 0.2) is 0 Å². The van der Waals surface area contributed by atoms with Crippen molar-refractivity contribution in [1.29, 1.82) is 5.26 Å². The molecule has 0 spiro atoms. The molecule has 0 aliphatic heterocycles. The number of nitrogens with zero attached hydrogens (tertiary/aromatic N) is 1. The Hall–Kier alpha value is -0.810. The van der Waals surface area contributed by atoms with Crippen LogP contribution < -0.4 is 0 Å². The van der Waals surface area contributed by atoms with Gasteiger partial charge in [-0.3, -0.25) is 0 Å². The molecule has 0 heterocycles. The first-order chi connectivity index (χ1) is 6.31. The molecular formula is C11H10BrN. The zero-order valence-corrected chi connectivity index (χ0v) is 8.84. The van der Waals surface area contributed by atoms with Crippen LogP contribution in [0.5, 0.6) is 0 Å².